The normalized spacial score (nSPS) is 20.3. The summed E-state index contributed by atoms with van der Waals surface area (Å²) < 4.78 is 0. The van der Waals surface area contributed by atoms with Gasteiger partial charge in [0.25, 0.3) is 0 Å². The summed E-state index contributed by atoms with van der Waals surface area (Å²) in [5.74, 6) is -0.213. The molecule has 0 saturated carbocycles. The van der Waals surface area contributed by atoms with Crippen molar-refractivity contribution in [2.75, 3.05) is 10.6 Å². The molecule has 0 saturated heterocycles. The maximum absolute atomic E-state index is 13.6. The molecular formula is C32H18N4O2. The highest BCUT2D eigenvalue weighted by Gasteiger charge is 2.36. The summed E-state index contributed by atoms with van der Waals surface area (Å²) in [6.45, 7) is 0. The highest BCUT2D eigenvalue weighted by molar-refractivity contribution is 6.24. The number of anilines is 2. The van der Waals surface area contributed by atoms with Crippen molar-refractivity contribution in [1.82, 2.24) is 0 Å². The Bertz CT molecular complexity index is 1970. The minimum Gasteiger partial charge on any atom is -0.350 e. The van der Waals surface area contributed by atoms with E-state index >= 15 is 0 Å². The molecule has 4 heterocycles. The summed E-state index contributed by atoms with van der Waals surface area (Å²) in [5.41, 5.74) is 6.26. The summed E-state index contributed by atoms with van der Waals surface area (Å²) in [5, 5.41) is 9.96. The van der Waals surface area contributed by atoms with Gasteiger partial charge in [0.2, 0.25) is 11.6 Å². The van der Waals surface area contributed by atoms with Gasteiger partial charge in [-0.3, -0.25) is 9.59 Å². The summed E-state index contributed by atoms with van der Waals surface area (Å²) in [7, 11) is 0. The molecule has 6 nitrogen and oxygen atoms in total. The van der Waals surface area contributed by atoms with Gasteiger partial charge in [0.15, 0.2) is 0 Å². The fourth-order valence-corrected chi connectivity index (χ4v) is 5.61. The number of fused-ring (bicyclic) bond motifs is 4. The second-order valence-electron chi connectivity index (χ2n) is 9.45. The minimum absolute atomic E-state index is 0.106. The number of rotatable bonds is 1. The lowest BCUT2D eigenvalue weighted by Gasteiger charge is -2.13. The van der Waals surface area contributed by atoms with Crippen LogP contribution in [0.1, 0.15) is 20.7 Å². The van der Waals surface area contributed by atoms with Gasteiger partial charge >= 0.3 is 0 Å². The van der Waals surface area contributed by atoms with E-state index < -0.39 is 0 Å². The minimum atomic E-state index is -0.106. The standard InChI is InChI=1S/C32H18N4O2/c37-31-19-11-3-7-15-23(19)35-29(31)27-25(17-9-1-5-13-21(17)33-27)26-18-10-2-6-14-22(18)34-28(26)30-32(38)20-12-4-8-16-24(20)36-30/h1-16,35-36H/b29-27-,30-28+. The molecule has 6 heteroatoms. The molecule has 2 N–H and O–H groups in total. The Morgan fingerprint density at radius 2 is 0.868 bits per heavy atom. The molecule has 0 radical (unpaired) electrons. The third-order valence-corrected chi connectivity index (χ3v) is 7.33. The number of carbonyl (C=O) groups excluding carboxylic acids is 2. The van der Waals surface area contributed by atoms with Crippen LogP contribution >= 0.6 is 0 Å². The maximum Gasteiger partial charge on any atom is 0.213 e. The van der Waals surface area contributed by atoms with Crippen LogP contribution in [0.4, 0.5) is 11.4 Å². The van der Waals surface area contributed by atoms with Crippen molar-refractivity contribution in [3.8, 4) is 0 Å². The van der Waals surface area contributed by atoms with E-state index in [-0.39, 0.29) is 11.6 Å². The number of allylic oxidation sites excluding steroid dienone is 4. The molecule has 38 heavy (non-hydrogen) atoms. The van der Waals surface area contributed by atoms with Crippen molar-refractivity contribution in [3.63, 3.8) is 0 Å². The number of para-hydroxylation sites is 4. The molecule has 0 bridgehead atoms. The van der Waals surface area contributed by atoms with Crippen LogP contribution in [-0.4, -0.2) is 11.6 Å². The van der Waals surface area contributed by atoms with Crippen LogP contribution < -0.4 is 31.8 Å². The monoisotopic (exact) mass is 490 g/mol. The third kappa shape index (κ3) is 2.77. The van der Waals surface area contributed by atoms with E-state index in [2.05, 4.69) is 10.6 Å². The number of carbonyl (C=O) groups is 2. The fourth-order valence-electron chi connectivity index (χ4n) is 5.61. The van der Waals surface area contributed by atoms with E-state index in [1.54, 1.807) is 0 Å². The lowest BCUT2D eigenvalue weighted by molar-refractivity contribution is 0.103. The smallest absolute Gasteiger partial charge is 0.213 e. The van der Waals surface area contributed by atoms with Crippen molar-refractivity contribution in [1.29, 1.82) is 0 Å². The first kappa shape index (κ1) is 20.8. The molecular weight excluding hydrogens is 472 g/mol. The van der Waals surface area contributed by atoms with Crippen molar-refractivity contribution in [2.45, 2.75) is 0 Å². The predicted octanol–water partition coefficient (Wildman–Crippen LogP) is 2.99. The summed E-state index contributed by atoms with van der Waals surface area (Å²) >= 11 is 0. The number of hydrogen-bond acceptors (Lipinski definition) is 6. The number of Topliss-reactive ketones (excluding diaryl/α,β-unsaturated/α-hetero) is 2. The zero-order chi connectivity index (χ0) is 25.4. The van der Waals surface area contributed by atoms with Gasteiger partial charge in [-0.15, -0.1) is 0 Å². The van der Waals surface area contributed by atoms with Gasteiger partial charge in [-0.1, -0.05) is 60.7 Å². The van der Waals surface area contributed by atoms with Crippen LogP contribution in [-0.2, 0) is 0 Å². The first-order valence-electron chi connectivity index (χ1n) is 12.4. The molecule has 4 aromatic rings. The number of benzene rings is 4. The fraction of sp³-hybridized carbons (Fsp3) is 0. The molecule has 0 atom stereocenters. The molecule has 0 amide bonds. The van der Waals surface area contributed by atoms with Crippen molar-refractivity contribution in [3.05, 3.63) is 152 Å². The summed E-state index contributed by atoms with van der Waals surface area (Å²) in [6, 6.07) is 30.6. The van der Waals surface area contributed by atoms with Crippen LogP contribution in [0, 0.1) is 0 Å². The van der Waals surface area contributed by atoms with E-state index in [9.17, 15) is 9.59 Å². The lowest BCUT2D eigenvalue weighted by Crippen LogP contribution is -2.26. The molecule has 8 rings (SSSR count). The number of nitrogens with zero attached hydrogens (tertiary/aromatic N) is 2. The molecule has 4 aromatic carbocycles. The van der Waals surface area contributed by atoms with Gasteiger partial charge in [-0.05, 0) is 36.4 Å². The highest BCUT2D eigenvalue weighted by atomic mass is 16.1. The van der Waals surface area contributed by atoms with Crippen LogP contribution in [0.3, 0.4) is 0 Å². The number of ketones is 2. The summed E-state index contributed by atoms with van der Waals surface area (Å²) in [4.78, 5) is 37.1. The van der Waals surface area contributed by atoms with E-state index in [0.29, 0.717) is 33.9 Å². The van der Waals surface area contributed by atoms with Gasteiger partial charge in [0.1, 0.15) is 11.4 Å². The Kier molecular flexibility index (Phi) is 4.14. The quantitative estimate of drug-likeness (QED) is 0.402. The number of hydrogen-bond donors (Lipinski definition) is 2. The van der Waals surface area contributed by atoms with Gasteiger partial charge in [0.05, 0.1) is 22.1 Å². The third-order valence-electron chi connectivity index (χ3n) is 7.33. The van der Waals surface area contributed by atoms with E-state index in [1.807, 2.05) is 97.1 Å². The molecule has 4 aliphatic rings. The van der Waals surface area contributed by atoms with Gasteiger partial charge < -0.3 is 10.6 Å². The first-order valence-corrected chi connectivity index (χ1v) is 12.4. The molecule has 0 unspecified atom stereocenters. The van der Waals surface area contributed by atoms with Gasteiger partial charge in [0, 0.05) is 44.1 Å². The second kappa shape index (κ2) is 7.57. The Balaban J connectivity index is 1.46. The number of nitrogens with one attached hydrogen (secondary N) is 2. The van der Waals surface area contributed by atoms with Crippen LogP contribution in [0.15, 0.2) is 130 Å². The average Bonchev–Trinajstić information content (AvgIpc) is 3.69. The lowest BCUT2D eigenvalue weighted by atomic mass is 9.94. The Hall–Kier alpha value is -5.36. The van der Waals surface area contributed by atoms with Crippen molar-refractivity contribution >= 4 is 34.1 Å². The van der Waals surface area contributed by atoms with E-state index in [4.69, 9.17) is 9.98 Å². The van der Waals surface area contributed by atoms with Gasteiger partial charge in [-0.2, -0.15) is 0 Å². The topological polar surface area (TPSA) is 82.9 Å². The zero-order valence-corrected chi connectivity index (χ0v) is 19.9. The predicted molar refractivity (Wildman–Crippen MR) is 144 cm³/mol. The Labute approximate surface area is 216 Å². The van der Waals surface area contributed by atoms with Crippen molar-refractivity contribution < 1.29 is 9.59 Å². The van der Waals surface area contributed by atoms with E-state index in [1.165, 1.54) is 0 Å². The first-order chi connectivity index (χ1) is 18.7. The summed E-state index contributed by atoms with van der Waals surface area (Å²) in [6.07, 6.45) is 0. The van der Waals surface area contributed by atoms with Crippen LogP contribution in [0.25, 0.3) is 11.1 Å². The van der Waals surface area contributed by atoms with Crippen LogP contribution in [0.2, 0.25) is 0 Å². The molecule has 0 spiro atoms. The molecule has 0 fully saturated rings. The largest absolute Gasteiger partial charge is 0.350 e. The van der Waals surface area contributed by atoms with E-state index in [0.717, 1.165) is 43.7 Å². The molecule has 4 aliphatic heterocycles. The Morgan fingerprint density at radius 3 is 1.32 bits per heavy atom. The second-order valence-corrected chi connectivity index (χ2v) is 9.45. The highest BCUT2D eigenvalue weighted by Crippen LogP contribution is 2.40. The van der Waals surface area contributed by atoms with Crippen LogP contribution in [0.5, 0.6) is 0 Å². The Morgan fingerprint density at radius 1 is 0.474 bits per heavy atom. The zero-order valence-electron chi connectivity index (χ0n) is 19.9. The molecule has 178 valence electrons. The maximum atomic E-state index is 13.6. The molecule has 0 aromatic heterocycles. The van der Waals surface area contributed by atoms with Crippen molar-refractivity contribution in [2.24, 2.45) is 9.98 Å². The average molecular weight is 491 g/mol. The molecule has 0 aliphatic carbocycles. The van der Waals surface area contributed by atoms with Gasteiger partial charge in [-0.25, -0.2) is 9.98 Å². The SMILES string of the molecule is O=C1/C(=C2/N=c3ccccc3=C2C2=c3ccccc3=N/C2=C2/Nc3ccccc3C2=O)Nc2ccccc21.